The molecule has 5 nitrogen and oxygen atoms in total. The molecule has 3 atom stereocenters. The van der Waals surface area contributed by atoms with E-state index in [1.54, 1.807) is 0 Å². The third-order valence-electron chi connectivity index (χ3n) is 4.25. The lowest BCUT2D eigenvalue weighted by Crippen LogP contribution is -2.49. The normalized spacial score (nSPS) is 14.9. The first-order chi connectivity index (χ1) is 12.2. The molecule has 0 aromatic heterocycles. The SMILES string of the molecule is CC(C)CCCC(C)NC[C@@H](O)[C@H](Cc1cc(F)cc(F)c1)NC(=O)O. The van der Waals surface area contributed by atoms with Crippen molar-refractivity contribution in [3.8, 4) is 0 Å². The average Bonchev–Trinajstić information content (AvgIpc) is 2.50. The van der Waals surface area contributed by atoms with Crippen molar-refractivity contribution in [3.63, 3.8) is 0 Å². The van der Waals surface area contributed by atoms with Gasteiger partial charge in [0.25, 0.3) is 0 Å². The van der Waals surface area contributed by atoms with Crippen molar-refractivity contribution in [1.29, 1.82) is 0 Å². The molecular weight excluding hydrogens is 342 g/mol. The van der Waals surface area contributed by atoms with Gasteiger partial charge >= 0.3 is 6.09 Å². The Bertz CT molecular complexity index is 549. The van der Waals surface area contributed by atoms with Crippen molar-refractivity contribution >= 4 is 6.09 Å². The van der Waals surface area contributed by atoms with Gasteiger partial charge in [-0.05, 0) is 43.4 Å². The van der Waals surface area contributed by atoms with E-state index in [1.807, 2.05) is 6.92 Å². The van der Waals surface area contributed by atoms with Crippen LogP contribution in [0.1, 0.15) is 45.6 Å². The van der Waals surface area contributed by atoms with Crippen molar-refractivity contribution in [2.24, 2.45) is 5.92 Å². The lowest BCUT2D eigenvalue weighted by molar-refractivity contribution is 0.115. The Balaban J connectivity index is 2.59. The number of aliphatic hydroxyl groups is 1. The van der Waals surface area contributed by atoms with Crippen LogP contribution < -0.4 is 10.6 Å². The van der Waals surface area contributed by atoms with Crippen LogP contribution >= 0.6 is 0 Å². The van der Waals surface area contributed by atoms with Gasteiger partial charge in [-0.1, -0.05) is 26.7 Å². The van der Waals surface area contributed by atoms with Crippen LogP contribution in [0.5, 0.6) is 0 Å². The summed E-state index contributed by atoms with van der Waals surface area (Å²) < 4.78 is 26.6. The fourth-order valence-electron chi connectivity index (χ4n) is 2.82. The second-order valence-electron chi connectivity index (χ2n) is 7.24. The van der Waals surface area contributed by atoms with E-state index in [0.717, 1.165) is 37.5 Å². The van der Waals surface area contributed by atoms with Gasteiger partial charge in [0.2, 0.25) is 0 Å². The highest BCUT2D eigenvalue weighted by molar-refractivity contribution is 5.65. The molecule has 26 heavy (non-hydrogen) atoms. The molecule has 0 spiro atoms. The van der Waals surface area contributed by atoms with Crippen LogP contribution in [-0.2, 0) is 6.42 Å². The maximum atomic E-state index is 13.3. The van der Waals surface area contributed by atoms with Gasteiger partial charge in [0.1, 0.15) is 11.6 Å². The number of nitrogens with one attached hydrogen (secondary N) is 2. The fraction of sp³-hybridized carbons (Fsp3) is 0.632. The van der Waals surface area contributed by atoms with E-state index in [0.29, 0.717) is 5.92 Å². The van der Waals surface area contributed by atoms with Gasteiger partial charge in [0, 0.05) is 18.7 Å². The van der Waals surface area contributed by atoms with Gasteiger partial charge in [-0.3, -0.25) is 0 Å². The van der Waals surface area contributed by atoms with Crippen molar-refractivity contribution in [1.82, 2.24) is 10.6 Å². The summed E-state index contributed by atoms with van der Waals surface area (Å²) in [5.74, 6) is -0.829. The molecule has 0 aliphatic carbocycles. The van der Waals surface area contributed by atoms with Crippen LogP contribution in [0.2, 0.25) is 0 Å². The highest BCUT2D eigenvalue weighted by atomic mass is 19.1. The standard InChI is InChI=1S/C19H30F2N2O3/c1-12(2)5-4-6-13(3)22-11-18(24)17(23-19(25)26)9-14-7-15(20)10-16(21)8-14/h7-8,10,12-13,17-18,22-24H,4-6,9,11H2,1-3H3,(H,25,26)/t13?,17-,18+/m0/s1. The topological polar surface area (TPSA) is 81.6 Å². The average molecular weight is 372 g/mol. The molecule has 148 valence electrons. The molecule has 7 heteroatoms. The number of hydrogen-bond donors (Lipinski definition) is 4. The Kier molecular flexibility index (Phi) is 9.51. The Morgan fingerprint density at radius 1 is 1.12 bits per heavy atom. The second kappa shape index (κ2) is 11.1. The number of carbonyl (C=O) groups is 1. The molecule has 0 radical (unpaired) electrons. The summed E-state index contributed by atoms with van der Waals surface area (Å²) in [6, 6.07) is 2.33. The molecule has 1 amide bonds. The molecule has 0 aliphatic rings. The Morgan fingerprint density at radius 3 is 2.27 bits per heavy atom. The Labute approximate surface area is 153 Å². The minimum Gasteiger partial charge on any atom is -0.465 e. The number of benzene rings is 1. The van der Waals surface area contributed by atoms with Crippen LogP contribution in [0.15, 0.2) is 18.2 Å². The molecule has 0 saturated carbocycles. The van der Waals surface area contributed by atoms with Crippen LogP contribution in [0.3, 0.4) is 0 Å². The number of hydrogen-bond acceptors (Lipinski definition) is 3. The largest absolute Gasteiger partial charge is 0.465 e. The van der Waals surface area contributed by atoms with E-state index in [4.69, 9.17) is 5.11 Å². The van der Waals surface area contributed by atoms with Gasteiger partial charge in [0.15, 0.2) is 0 Å². The third kappa shape index (κ3) is 9.10. The first-order valence-electron chi connectivity index (χ1n) is 9.03. The van der Waals surface area contributed by atoms with Crippen LogP contribution in [-0.4, -0.2) is 41.0 Å². The summed E-state index contributed by atoms with van der Waals surface area (Å²) in [4.78, 5) is 11.0. The number of rotatable bonds is 11. The third-order valence-corrected chi connectivity index (χ3v) is 4.25. The van der Waals surface area contributed by atoms with E-state index in [2.05, 4.69) is 24.5 Å². The zero-order chi connectivity index (χ0) is 19.7. The Morgan fingerprint density at radius 2 is 1.73 bits per heavy atom. The zero-order valence-electron chi connectivity index (χ0n) is 15.6. The fourth-order valence-corrected chi connectivity index (χ4v) is 2.82. The lowest BCUT2D eigenvalue weighted by atomic mass is 10.00. The predicted molar refractivity (Wildman–Crippen MR) is 97.2 cm³/mol. The molecule has 1 unspecified atom stereocenters. The highest BCUT2D eigenvalue weighted by Gasteiger charge is 2.22. The van der Waals surface area contributed by atoms with Crippen molar-refractivity contribution < 1.29 is 23.8 Å². The van der Waals surface area contributed by atoms with Gasteiger partial charge in [0.05, 0.1) is 12.1 Å². The van der Waals surface area contributed by atoms with E-state index < -0.39 is 29.9 Å². The summed E-state index contributed by atoms with van der Waals surface area (Å²) in [7, 11) is 0. The zero-order valence-corrected chi connectivity index (χ0v) is 15.6. The first kappa shape index (κ1) is 22.3. The molecule has 0 heterocycles. The van der Waals surface area contributed by atoms with E-state index in [1.165, 1.54) is 0 Å². The van der Waals surface area contributed by atoms with E-state index in [9.17, 15) is 18.7 Å². The minimum atomic E-state index is -1.30. The predicted octanol–water partition coefficient (Wildman–Crippen LogP) is 3.31. The van der Waals surface area contributed by atoms with Gasteiger partial charge in [-0.15, -0.1) is 0 Å². The summed E-state index contributed by atoms with van der Waals surface area (Å²) in [5.41, 5.74) is 0.283. The molecular formula is C19H30F2N2O3. The molecule has 1 aromatic carbocycles. The minimum absolute atomic E-state index is 0.00838. The lowest BCUT2D eigenvalue weighted by Gasteiger charge is -2.25. The van der Waals surface area contributed by atoms with Crippen molar-refractivity contribution in [2.75, 3.05) is 6.54 Å². The van der Waals surface area contributed by atoms with Crippen LogP contribution in [0.4, 0.5) is 13.6 Å². The van der Waals surface area contributed by atoms with E-state index >= 15 is 0 Å². The first-order valence-corrected chi connectivity index (χ1v) is 9.03. The quantitative estimate of drug-likeness (QED) is 0.480. The van der Waals surface area contributed by atoms with Gasteiger partial charge < -0.3 is 20.8 Å². The molecule has 0 fully saturated rings. The van der Waals surface area contributed by atoms with Crippen molar-refractivity contribution in [2.45, 2.75) is 64.6 Å². The smallest absolute Gasteiger partial charge is 0.404 e. The summed E-state index contributed by atoms with van der Waals surface area (Å²) in [6.45, 7) is 6.53. The van der Waals surface area contributed by atoms with Crippen LogP contribution in [0.25, 0.3) is 0 Å². The number of amides is 1. The van der Waals surface area contributed by atoms with E-state index in [-0.39, 0.29) is 24.6 Å². The summed E-state index contributed by atoms with van der Waals surface area (Å²) in [5, 5.41) is 24.7. The van der Waals surface area contributed by atoms with Crippen LogP contribution in [0, 0.1) is 17.6 Å². The molecule has 0 saturated heterocycles. The van der Waals surface area contributed by atoms with Crippen molar-refractivity contribution in [3.05, 3.63) is 35.4 Å². The maximum Gasteiger partial charge on any atom is 0.404 e. The summed E-state index contributed by atoms with van der Waals surface area (Å²) in [6.07, 6.45) is 0.827. The Hall–Kier alpha value is -1.73. The number of halogens is 2. The van der Waals surface area contributed by atoms with Gasteiger partial charge in [-0.2, -0.15) is 0 Å². The summed E-state index contributed by atoms with van der Waals surface area (Å²) >= 11 is 0. The number of carboxylic acid groups (broad SMARTS) is 1. The highest BCUT2D eigenvalue weighted by Crippen LogP contribution is 2.12. The van der Waals surface area contributed by atoms with Gasteiger partial charge in [-0.25, -0.2) is 13.6 Å². The molecule has 0 bridgehead atoms. The molecule has 0 aliphatic heterocycles. The molecule has 1 aromatic rings. The number of aliphatic hydroxyl groups excluding tert-OH is 1. The monoisotopic (exact) mass is 372 g/mol. The molecule has 4 N–H and O–H groups in total. The second-order valence-corrected chi connectivity index (χ2v) is 7.24. The maximum absolute atomic E-state index is 13.3. The molecule has 1 rings (SSSR count).